The SMILES string of the molecule is CCNC(=S)NN=Cc1cc(OC)c(O)c(Br)c1Br. The van der Waals surface area contributed by atoms with Gasteiger partial charge in [0.25, 0.3) is 0 Å². The molecule has 0 spiro atoms. The van der Waals surface area contributed by atoms with E-state index in [1.165, 1.54) is 7.11 Å². The Hall–Kier alpha value is -0.860. The van der Waals surface area contributed by atoms with Crippen molar-refractivity contribution in [1.29, 1.82) is 0 Å². The molecule has 0 aromatic heterocycles. The number of ether oxygens (including phenoxy) is 1. The number of nitrogens with one attached hydrogen (secondary N) is 2. The Bertz CT molecular complexity index is 509. The van der Waals surface area contributed by atoms with Gasteiger partial charge < -0.3 is 15.2 Å². The highest BCUT2D eigenvalue weighted by molar-refractivity contribution is 9.13. The minimum Gasteiger partial charge on any atom is -0.503 e. The van der Waals surface area contributed by atoms with E-state index in [0.717, 1.165) is 12.1 Å². The van der Waals surface area contributed by atoms with Gasteiger partial charge in [0.2, 0.25) is 0 Å². The number of hydrazone groups is 1. The van der Waals surface area contributed by atoms with Crippen LogP contribution in [0.2, 0.25) is 0 Å². The average Bonchev–Trinajstić information content (AvgIpc) is 2.39. The lowest BCUT2D eigenvalue weighted by Crippen LogP contribution is -2.31. The molecule has 0 atom stereocenters. The largest absolute Gasteiger partial charge is 0.503 e. The van der Waals surface area contributed by atoms with Crippen LogP contribution in [0.4, 0.5) is 0 Å². The van der Waals surface area contributed by atoms with Gasteiger partial charge >= 0.3 is 0 Å². The Morgan fingerprint density at radius 2 is 2.21 bits per heavy atom. The first-order valence-electron chi connectivity index (χ1n) is 5.33. The van der Waals surface area contributed by atoms with Gasteiger partial charge in [0.1, 0.15) is 0 Å². The third-order valence-corrected chi connectivity index (χ3v) is 4.50. The fourth-order valence-corrected chi connectivity index (χ4v) is 2.25. The summed E-state index contributed by atoms with van der Waals surface area (Å²) in [6.07, 6.45) is 1.57. The lowest BCUT2D eigenvalue weighted by atomic mass is 10.2. The topological polar surface area (TPSA) is 65.9 Å². The van der Waals surface area contributed by atoms with Crippen molar-refractivity contribution in [2.24, 2.45) is 5.10 Å². The van der Waals surface area contributed by atoms with Gasteiger partial charge in [-0.15, -0.1) is 0 Å². The van der Waals surface area contributed by atoms with Crippen LogP contribution >= 0.6 is 44.1 Å². The van der Waals surface area contributed by atoms with Crippen molar-refractivity contribution in [1.82, 2.24) is 10.7 Å². The van der Waals surface area contributed by atoms with Gasteiger partial charge in [-0.1, -0.05) is 0 Å². The quantitative estimate of drug-likeness (QED) is 0.404. The fraction of sp³-hybridized carbons (Fsp3) is 0.273. The van der Waals surface area contributed by atoms with E-state index in [4.69, 9.17) is 17.0 Å². The van der Waals surface area contributed by atoms with Crippen LogP contribution in [-0.4, -0.2) is 30.1 Å². The number of phenols is 1. The van der Waals surface area contributed by atoms with Crippen molar-refractivity contribution < 1.29 is 9.84 Å². The monoisotopic (exact) mass is 409 g/mol. The summed E-state index contributed by atoms with van der Waals surface area (Å²) in [6, 6.07) is 1.66. The first-order chi connectivity index (χ1) is 9.01. The van der Waals surface area contributed by atoms with Crippen molar-refractivity contribution in [2.45, 2.75) is 6.92 Å². The van der Waals surface area contributed by atoms with E-state index in [1.807, 2.05) is 6.92 Å². The molecule has 0 heterocycles. The van der Waals surface area contributed by atoms with Crippen LogP contribution in [0.1, 0.15) is 12.5 Å². The van der Waals surface area contributed by atoms with Gasteiger partial charge in [0.15, 0.2) is 16.6 Å². The zero-order valence-electron chi connectivity index (χ0n) is 10.3. The first kappa shape index (κ1) is 16.2. The van der Waals surface area contributed by atoms with Crippen molar-refractivity contribution in [3.63, 3.8) is 0 Å². The first-order valence-corrected chi connectivity index (χ1v) is 7.32. The molecule has 0 amide bonds. The van der Waals surface area contributed by atoms with Gasteiger partial charge in [0.05, 0.1) is 17.8 Å². The third kappa shape index (κ3) is 4.32. The summed E-state index contributed by atoms with van der Waals surface area (Å²) in [5.41, 5.74) is 3.41. The Morgan fingerprint density at radius 1 is 1.53 bits per heavy atom. The average molecular weight is 411 g/mol. The van der Waals surface area contributed by atoms with Crippen molar-refractivity contribution in [3.05, 3.63) is 20.6 Å². The summed E-state index contributed by atoms with van der Waals surface area (Å²) in [6.45, 7) is 2.67. The molecule has 0 unspecified atom stereocenters. The second-order valence-corrected chi connectivity index (χ2v) is 5.37. The molecule has 19 heavy (non-hydrogen) atoms. The number of nitrogens with zero attached hydrogens (tertiary/aromatic N) is 1. The smallest absolute Gasteiger partial charge is 0.186 e. The molecular formula is C11H13Br2N3O2S. The molecule has 0 saturated carbocycles. The molecule has 0 bridgehead atoms. The van der Waals surface area contributed by atoms with Gasteiger partial charge in [-0.3, -0.25) is 5.43 Å². The van der Waals surface area contributed by atoms with Crippen LogP contribution in [0.15, 0.2) is 20.1 Å². The summed E-state index contributed by atoms with van der Waals surface area (Å²) in [5.74, 6) is 0.383. The Kier molecular flexibility index (Phi) is 6.53. The van der Waals surface area contributed by atoms with Crippen LogP contribution in [-0.2, 0) is 0 Å². The lowest BCUT2D eigenvalue weighted by molar-refractivity contribution is 0.371. The summed E-state index contributed by atoms with van der Waals surface area (Å²) >= 11 is 11.6. The lowest BCUT2D eigenvalue weighted by Gasteiger charge is -2.09. The molecule has 0 radical (unpaired) electrons. The molecule has 0 fully saturated rings. The molecule has 0 aliphatic heterocycles. The number of hydrogen-bond donors (Lipinski definition) is 3. The third-order valence-electron chi connectivity index (χ3n) is 2.10. The van der Waals surface area contributed by atoms with Gasteiger partial charge in [-0.05, 0) is 57.1 Å². The van der Waals surface area contributed by atoms with E-state index in [9.17, 15) is 5.11 Å². The highest BCUT2D eigenvalue weighted by Gasteiger charge is 2.13. The molecule has 0 aliphatic carbocycles. The number of methoxy groups -OCH3 is 1. The molecule has 5 nitrogen and oxygen atoms in total. The van der Waals surface area contributed by atoms with Gasteiger partial charge in [-0.25, -0.2) is 0 Å². The van der Waals surface area contributed by atoms with Crippen LogP contribution < -0.4 is 15.5 Å². The molecule has 1 rings (SSSR count). The van der Waals surface area contributed by atoms with Crippen molar-refractivity contribution in [3.8, 4) is 11.5 Å². The Morgan fingerprint density at radius 3 is 2.79 bits per heavy atom. The summed E-state index contributed by atoms with van der Waals surface area (Å²) in [7, 11) is 1.48. The summed E-state index contributed by atoms with van der Waals surface area (Å²) in [4.78, 5) is 0. The number of halogens is 2. The zero-order chi connectivity index (χ0) is 14.4. The standard InChI is InChI=1S/C11H13Br2N3O2S/c1-3-14-11(19)16-15-5-6-4-7(18-2)10(17)9(13)8(6)12/h4-5,17H,3H2,1-2H3,(H2,14,16,19). The molecule has 8 heteroatoms. The van der Waals surface area contributed by atoms with Crippen molar-refractivity contribution in [2.75, 3.05) is 13.7 Å². The molecule has 1 aromatic rings. The summed E-state index contributed by atoms with van der Waals surface area (Å²) in [5, 5.41) is 17.1. The fourth-order valence-electron chi connectivity index (χ4n) is 1.22. The number of hydrogen-bond acceptors (Lipinski definition) is 4. The van der Waals surface area contributed by atoms with Crippen LogP contribution in [0.5, 0.6) is 11.5 Å². The Labute approximate surface area is 133 Å². The molecule has 1 aromatic carbocycles. The predicted molar refractivity (Wildman–Crippen MR) is 87.1 cm³/mol. The number of rotatable bonds is 4. The maximum Gasteiger partial charge on any atom is 0.186 e. The minimum atomic E-state index is 0.0302. The molecule has 0 saturated heterocycles. The van der Waals surface area contributed by atoms with E-state index in [2.05, 4.69) is 47.7 Å². The van der Waals surface area contributed by atoms with Crippen LogP contribution in [0.3, 0.4) is 0 Å². The molecule has 0 aliphatic rings. The van der Waals surface area contributed by atoms with Crippen LogP contribution in [0, 0.1) is 0 Å². The minimum absolute atomic E-state index is 0.0302. The molecular weight excluding hydrogens is 398 g/mol. The maximum atomic E-state index is 9.79. The normalized spacial score (nSPS) is 10.5. The number of thiocarbonyl (C=S) groups is 1. The molecule has 104 valence electrons. The van der Waals surface area contributed by atoms with E-state index >= 15 is 0 Å². The van der Waals surface area contributed by atoms with Gasteiger partial charge in [0, 0.05) is 16.6 Å². The zero-order valence-corrected chi connectivity index (χ0v) is 14.3. The number of phenolic OH excluding ortho intramolecular Hbond substituents is 1. The second-order valence-electron chi connectivity index (χ2n) is 3.37. The van der Waals surface area contributed by atoms with E-state index in [0.29, 0.717) is 19.8 Å². The van der Waals surface area contributed by atoms with Gasteiger partial charge in [-0.2, -0.15) is 5.10 Å². The predicted octanol–water partition coefficient (Wildman–Crippen LogP) is 2.74. The molecule has 3 N–H and O–H groups in total. The van der Waals surface area contributed by atoms with E-state index in [1.54, 1.807) is 12.3 Å². The number of benzene rings is 1. The van der Waals surface area contributed by atoms with E-state index < -0.39 is 0 Å². The highest BCUT2D eigenvalue weighted by Crippen LogP contribution is 2.41. The maximum absolute atomic E-state index is 9.79. The van der Waals surface area contributed by atoms with E-state index in [-0.39, 0.29) is 5.75 Å². The van der Waals surface area contributed by atoms with Crippen LogP contribution in [0.25, 0.3) is 0 Å². The number of aromatic hydroxyl groups is 1. The Balaban J connectivity index is 2.92. The van der Waals surface area contributed by atoms with Crippen molar-refractivity contribution >= 4 is 55.4 Å². The highest BCUT2D eigenvalue weighted by atomic mass is 79.9. The summed E-state index contributed by atoms with van der Waals surface area (Å²) < 4.78 is 6.24. The second kappa shape index (κ2) is 7.66.